The summed E-state index contributed by atoms with van der Waals surface area (Å²) in [6.07, 6.45) is 3.44. The lowest BCUT2D eigenvalue weighted by Gasteiger charge is -2.22. The molecule has 0 aliphatic carbocycles. The molecule has 0 fully saturated rings. The maximum absolute atomic E-state index is 11.3. The molecule has 15 heavy (non-hydrogen) atoms. The molecule has 0 bridgehead atoms. The van der Waals surface area contributed by atoms with E-state index in [1.807, 2.05) is 19.1 Å². The summed E-state index contributed by atoms with van der Waals surface area (Å²) in [5.41, 5.74) is 7.55. The van der Waals surface area contributed by atoms with Crippen LogP contribution in [0.1, 0.15) is 12.5 Å². The van der Waals surface area contributed by atoms with Gasteiger partial charge in [-0.2, -0.15) is 0 Å². The smallest absolute Gasteiger partial charge is 0.251 e. The van der Waals surface area contributed by atoms with E-state index in [1.54, 1.807) is 12.4 Å². The van der Waals surface area contributed by atoms with Crippen molar-refractivity contribution in [3.05, 3.63) is 35.8 Å². The van der Waals surface area contributed by atoms with Crippen molar-refractivity contribution in [1.82, 2.24) is 10.3 Å². The van der Waals surface area contributed by atoms with E-state index in [4.69, 9.17) is 5.73 Å². The Morgan fingerprint density at radius 1 is 1.47 bits per heavy atom. The van der Waals surface area contributed by atoms with Crippen molar-refractivity contribution >= 4 is 22.6 Å². The normalized spacial score (nSPS) is 21.5. The summed E-state index contributed by atoms with van der Waals surface area (Å²) in [6.45, 7) is 1.87. The molecule has 2 rings (SSSR count). The summed E-state index contributed by atoms with van der Waals surface area (Å²) >= 11 is 1.37. The molecule has 1 aliphatic heterocycles. The Bertz CT molecular complexity index is 416. The molecule has 1 unspecified atom stereocenters. The molecule has 1 aromatic heterocycles. The zero-order chi connectivity index (χ0) is 10.8. The Balaban J connectivity index is 2.37. The van der Waals surface area contributed by atoms with Gasteiger partial charge in [-0.15, -0.1) is 0 Å². The molecule has 0 saturated carbocycles. The first-order valence-electron chi connectivity index (χ1n) is 4.53. The fourth-order valence-corrected chi connectivity index (χ4v) is 2.29. The number of amides is 1. The number of hydrogen-bond acceptors (Lipinski definition) is 4. The van der Waals surface area contributed by atoms with Gasteiger partial charge in [0.05, 0.1) is 0 Å². The van der Waals surface area contributed by atoms with Crippen LogP contribution in [0.2, 0.25) is 0 Å². The van der Waals surface area contributed by atoms with E-state index < -0.39 is 5.37 Å². The molecule has 1 aromatic rings. The maximum Gasteiger partial charge on any atom is 0.251 e. The first kappa shape index (κ1) is 10.2. The van der Waals surface area contributed by atoms with Crippen molar-refractivity contribution in [3.8, 4) is 0 Å². The molecule has 0 saturated heterocycles. The summed E-state index contributed by atoms with van der Waals surface area (Å²) in [4.78, 5) is 16.2. The van der Waals surface area contributed by atoms with Gasteiger partial charge in [0.15, 0.2) is 0 Å². The number of nitrogens with one attached hydrogen (secondary N) is 1. The lowest BCUT2D eigenvalue weighted by atomic mass is 10.2. The van der Waals surface area contributed by atoms with Crippen molar-refractivity contribution in [3.63, 3.8) is 0 Å². The van der Waals surface area contributed by atoms with Crippen LogP contribution in [0.4, 0.5) is 0 Å². The summed E-state index contributed by atoms with van der Waals surface area (Å²) < 4.78 is 0. The highest BCUT2D eigenvalue weighted by molar-refractivity contribution is 8.09. The molecule has 1 aliphatic rings. The summed E-state index contributed by atoms with van der Waals surface area (Å²) in [7, 11) is 0. The average molecular weight is 221 g/mol. The number of carbonyl (C=O) groups is 1. The quantitative estimate of drug-likeness (QED) is 0.740. The minimum atomic E-state index is -0.531. The third-order valence-corrected chi connectivity index (χ3v) is 3.34. The third-order valence-electron chi connectivity index (χ3n) is 2.10. The van der Waals surface area contributed by atoms with Crippen molar-refractivity contribution in [2.75, 3.05) is 0 Å². The predicted molar refractivity (Wildman–Crippen MR) is 60.5 cm³/mol. The van der Waals surface area contributed by atoms with Crippen LogP contribution in [0.25, 0.3) is 4.91 Å². The zero-order valence-corrected chi connectivity index (χ0v) is 9.04. The van der Waals surface area contributed by atoms with Gasteiger partial charge < -0.3 is 11.1 Å². The molecule has 1 atom stereocenters. The number of thioether (sulfide) groups is 1. The summed E-state index contributed by atoms with van der Waals surface area (Å²) in [5.74, 6) is -0.143. The summed E-state index contributed by atoms with van der Waals surface area (Å²) in [6, 6.07) is 3.80. The van der Waals surface area contributed by atoms with Crippen LogP contribution in [-0.2, 0) is 4.79 Å². The third kappa shape index (κ3) is 2.03. The molecule has 4 nitrogen and oxygen atoms in total. The van der Waals surface area contributed by atoms with Crippen LogP contribution in [0.5, 0.6) is 0 Å². The van der Waals surface area contributed by atoms with Crippen LogP contribution in [0.3, 0.4) is 0 Å². The molecular formula is C10H11N3OS. The number of hydrogen-bond donors (Lipinski definition) is 2. The van der Waals surface area contributed by atoms with Crippen LogP contribution >= 0.6 is 11.8 Å². The lowest BCUT2D eigenvalue weighted by molar-refractivity contribution is -0.119. The monoisotopic (exact) mass is 221 g/mol. The van der Waals surface area contributed by atoms with Gasteiger partial charge in [0, 0.05) is 23.0 Å². The van der Waals surface area contributed by atoms with E-state index in [-0.39, 0.29) is 5.91 Å². The van der Waals surface area contributed by atoms with Crippen molar-refractivity contribution in [2.24, 2.45) is 5.73 Å². The van der Waals surface area contributed by atoms with Crippen LogP contribution in [0.15, 0.2) is 30.2 Å². The number of nitrogens with zero attached hydrogens (tertiary/aromatic N) is 1. The minimum absolute atomic E-state index is 0.143. The largest absolute Gasteiger partial charge is 0.327 e. The molecule has 0 aromatic carbocycles. The predicted octanol–water partition coefficient (Wildman–Crippen LogP) is 0.918. The summed E-state index contributed by atoms with van der Waals surface area (Å²) in [5, 5.41) is 2.22. The highest BCUT2D eigenvalue weighted by Gasteiger charge is 2.24. The minimum Gasteiger partial charge on any atom is -0.327 e. The van der Waals surface area contributed by atoms with Gasteiger partial charge in [-0.1, -0.05) is 11.8 Å². The molecule has 0 spiro atoms. The van der Waals surface area contributed by atoms with Crippen molar-refractivity contribution in [2.45, 2.75) is 12.3 Å². The average Bonchev–Trinajstić information content (AvgIpc) is 2.25. The SMILES string of the molecule is CC1=C(c2ccncc2)SC(N)C(=O)N1. The van der Waals surface area contributed by atoms with Gasteiger partial charge in [-0.3, -0.25) is 9.78 Å². The molecule has 3 N–H and O–H groups in total. The van der Waals surface area contributed by atoms with E-state index in [0.29, 0.717) is 0 Å². The van der Waals surface area contributed by atoms with Gasteiger partial charge in [0.25, 0.3) is 5.91 Å². The molecule has 2 heterocycles. The van der Waals surface area contributed by atoms with E-state index in [1.165, 1.54) is 11.8 Å². The van der Waals surface area contributed by atoms with Gasteiger partial charge in [-0.05, 0) is 24.6 Å². The second kappa shape index (κ2) is 4.04. The van der Waals surface area contributed by atoms with Crippen LogP contribution in [0, 0.1) is 0 Å². The molecular weight excluding hydrogens is 210 g/mol. The van der Waals surface area contributed by atoms with Crippen LogP contribution in [-0.4, -0.2) is 16.3 Å². The number of allylic oxidation sites excluding steroid dienone is 1. The number of nitrogens with two attached hydrogens (primary N) is 1. The van der Waals surface area contributed by atoms with E-state index in [2.05, 4.69) is 10.3 Å². The van der Waals surface area contributed by atoms with Crippen molar-refractivity contribution in [1.29, 1.82) is 0 Å². The van der Waals surface area contributed by atoms with Gasteiger partial charge >= 0.3 is 0 Å². The molecule has 5 heteroatoms. The first-order chi connectivity index (χ1) is 7.18. The first-order valence-corrected chi connectivity index (χ1v) is 5.41. The number of carbonyl (C=O) groups excluding carboxylic acids is 1. The van der Waals surface area contributed by atoms with Gasteiger partial charge in [0.1, 0.15) is 5.37 Å². The van der Waals surface area contributed by atoms with E-state index in [9.17, 15) is 4.79 Å². The highest BCUT2D eigenvalue weighted by Crippen LogP contribution is 2.34. The topological polar surface area (TPSA) is 68.0 Å². The Morgan fingerprint density at radius 2 is 2.13 bits per heavy atom. The van der Waals surface area contributed by atoms with Crippen LogP contribution < -0.4 is 11.1 Å². The van der Waals surface area contributed by atoms with Crippen molar-refractivity contribution < 1.29 is 4.79 Å². The Labute approximate surface area is 92.0 Å². The fourth-order valence-electron chi connectivity index (χ4n) is 1.37. The Kier molecular flexibility index (Phi) is 2.75. The Morgan fingerprint density at radius 3 is 2.80 bits per heavy atom. The number of aromatic nitrogens is 1. The zero-order valence-electron chi connectivity index (χ0n) is 8.23. The van der Waals surface area contributed by atoms with E-state index in [0.717, 1.165) is 16.2 Å². The molecule has 0 radical (unpaired) electrons. The number of rotatable bonds is 1. The maximum atomic E-state index is 11.3. The molecule has 1 amide bonds. The Hall–Kier alpha value is -1.33. The lowest BCUT2D eigenvalue weighted by Crippen LogP contribution is -2.40. The highest BCUT2D eigenvalue weighted by atomic mass is 32.2. The molecule has 78 valence electrons. The van der Waals surface area contributed by atoms with Gasteiger partial charge in [-0.25, -0.2) is 0 Å². The second-order valence-electron chi connectivity index (χ2n) is 3.22. The second-order valence-corrected chi connectivity index (χ2v) is 4.37. The van der Waals surface area contributed by atoms with Gasteiger partial charge in [0.2, 0.25) is 0 Å². The fraction of sp³-hybridized carbons (Fsp3) is 0.200. The standard InChI is InChI=1S/C10H11N3OS/c1-6-8(7-2-4-12-5-3-7)15-9(11)10(14)13-6/h2-5,9H,11H2,1H3,(H,13,14). The van der Waals surface area contributed by atoms with E-state index >= 15 is 0 Å². The number of pyridine rings is 1.